The average Bonchev–Trinajstić information content (AvgIpc) is 2.90. The van der Waals surface area contributed by atoms with Crippen LogP contribution in [0.5, 0.6) is 5.75 Å². The van der Waals surface area contributed by atoms with Crippen LogP contribution in [0.3, 0.4) is 0 Å². The van der Waals surface area contributed by atoms with E-state index in [1.807, 2.05) is 18.3 Å². The van der Waals surface area contributed by atoms with Gasteiger partial charge >= 0.3 is 0 Å². The molecule has 0 fully saturated rings. The highest BCUT2D eigenvalue weighted by molar-refractivity contribution is 5.27. The van der Waals surface area contributed by atoms with Crippen LogP contribution in [0.4, 0.5) is 0 Å². The number of hydrogen-bond acceptors (Lipinski definition) is 3. The van der Waals surface area contributed by atoms with E-state index in [0.29, 0.717) is 6.04 Å². The first-order chi connectivity index (χ1) is 8.78. The second kappa shape index (κ2) is 6.21. The predicted octanol–water partition coefficient (Wildman–Crippen LogP) is 2.14. The molecule has 2 rings (SSSR count). The van der Waals surface area contributed by atoms with Crippen molar-refractivity contribution in [2.45, 2.75) is 25.9 Å². The Morgan fingerprint density at radius 2 is 2.11 bits per heavy atom. The summed E-state index contributed by atoms with van der Waals surface area (Å²) in [7, 11) is 1.68. The molecule has 1 heterocycles. The molecule has 96 valence electrons. The fourth-order valence-corrected chi connectivity index (χ4v) is 1.85. The minimum absolute atomic E-state index is 0.406. The van der Waals surface area contributed by atoms with Gasteiger partial charge in [0.1, 0.15) is 11.6 Å². The molecule has 0 aliphatic carbocycles. The van der Waals surface area contributed by atoms with Crippen molar-refractivity contribution in [3.63, 3.8) is 0 Å². The van der Waals surface area contributed by atoms with Crippen molar-refractivity contribution in [2.75, 3.05) is 7.11 Å². The van der Waals surface area contributed by atoms with Crippen LogP contribution < -0.4 is 10.1 Å². The molecule has 4 heteroatoms. The van der Waals surface area contributed by atoms with Crippen LogP contribution in [0.25, 0.3) is 0 Å². The standard InChI is InChI=1S/C14H19N3O/c1-11(17-10-14-15-7-8-16-14)9-12-3-5-13(18-2)6-4-12/h3-8,11,17H,9-10H2,1-2H3,(H,15,16). The highest BCUT2D eigenvalue weighted by atomic mass is 16.5. The lowest BCUT2D eigenvalue weighted by atomic mass is 10.1. The number of nitrogens with zero attached hydrogens (tertiary/aromatic N) is 1. The summed E-state index contributed by atoms with van der Waals surface area (Å²) in [6.45, 7) is 2.94. The predicted molar refractivity (Wildman–Crippen MR) is 71.6 cm³/mol. The summed E-state index contributed by atoms with van der Waals surface area (Å²) >= 11 is 0. The van der Waals surface area contributed by atoms with Crippen molar-refractivity contribution < 1.29 is 4.74 Å². The SMILES string of the molecule is COc1ccc(CC(C)NCc2ncc[nH]2)cc1. The smallest absolute Gasteiger partial charge is 0.120 e. The van der Waals surface area contributed by atoms with Crippen molar-refractivity contribution in [3.8, 4) is 5.75 Å². The Kier molecular flexibility index (Phi) is 4.36. The van der Waals surface area contributed by atoms with Gasteiger partial charge in [0.15, 0.2) is 0 Å². The van der Waals surface area contributed by atoms with E-state index >= 15 is 0 Å². The lowest BCUT2D eigenvalue weighted by Gasteiger charge is -2.13. The molecule has 0 saturated heterocycles. The van der Waals surface area contributed by atoms with E-state index in [0.717, 1.165) is 24.5 Å². The molecule has 0 radical (unpaired) electrons. The lowest BCUT2D eigenvalue weighted by Crippen LogP contribution is -2.27. The third-order valence-electron chi connectivity index (χ3n) is 2.87. The number of aromatic nitrogens is 2. The monoisotopic (exact) mass is 245 g/mol. The van der Waals surface area contributed by atoms with Crippen molar-refractivity contribution in [1.82, 2.24) is 15.3 Å². The summed E-state index contributed by atoms with van der Waals surface area (Å²) in [5.74, 6) is 1.87. The molecule has 0 aliphatic heterocycles. The largest absolute Gasteiger partial charge is 0.497 e. The number of hydrogen-bond donors (Lipinski definition) is 2. The van der Waals surface area contributed by atoms with Gasteiger partial charge < -0.3 is 15.0 Å². The van der Waals surface area contributed by atoms with E-state index in [4.69, 9.17) is 4.74 Å². The van der Waals surface area contributed by atoms with Crippen LogP contribution in [0.2, 0.25) is 0 Å². The zero-order valence-electron chi connectivity index (χ0n) is 10.8. The molecule has 2 aromatic rings. The fourth-order valence-electron chi connectivity index (χ4n) is 1.85. The quantitative estimate of drug-likeness (QED) is 0.819. The molecular weight excluding hydrogens is 226 g/mol. The van der Waals surface area contributed by atoms with Gasteiger partial charge in [0.25, 0.3) is 0 Å². The number of rotatable bonds is 6. The van der Waals surface area contributed by atoms with Crippen LogP contribution in [-0.2, 0) is 13.0 Å². The van der Waals surface area contributed by atoms with Gasteiger partial charge in [0.05, 0.1) is 13.7 Å². The van der Waals surface area contributed by atoms with Crippen LogP contribution >= 0.6 is 0 Å². The molecule has 1 aromatic carbocycles. The molecule has 0 spiro atoms. The van der Waals surface area contributed by atoms with E-state index in [1.165, 1.54) is 5.56 Å². The molecule has 1 aromatic heterocycles. The van der Waals surface area contributed by atoms with Crippen molar-refractivity contribution in [3.05, 3.63) is 48.0 Å². The number of imidazole rings is 1. The molecule has 0 saturated carbocycles. The summed E-state index contributed by atoms with van der Waals surface area (Å²) in [6, 6.07) is 8.60. The Balaban J connectivity index is 1.80. The van der Waals surface area contributed by atoms with E-state index < -0.39 is 0 Å². The number of aromatic amines is 1. The number of benzene rings is 1. The molecule has 1 unspecified atom stereocenters. The zero-order chi connectivity index (χ0) is 12.8. The molecule has 18 heavy (non-hydrogen) atoms. The minimum Gasteiger partial charge on any atom is -0.497 e. The number of ether oxygens (including phenoxy) is 1. The third-order valence-corrected chi connectivity index (χ3v) is 2.87. The molecule has 2 N–H and O–H groups in total. The van der Waals surface area contributed by atoms with E-state index in [1.54, 1.807) is 13.3 Å². The summed E-state index contributed by atoms with van der Waals surface area (Å²) in [4.78, 5) is 7.26. The maximum Gasteiger partial charge on any atom is 0.120 e. The van der Waals surface area contributed by atoms with Crippen LogP contribution in [0, 0.1) is 0 Å². The van der Waals surface area contributed by atoms with Crippen molar-refractivity contribution in [1.29, 1.82) is 0 Å². The Labute approximate surface area is 107 Å². The van der Waals surface area contributed by atoms with Crippen LogP contribution in [-0.4, -0.2) is 23.1 Å². The van der Waals surface area contributed by atoms with Gasteiger partial charge in [-0.25, -0.2) is 4.98 Å². The van der Waals surface area contributed by atoms with Gasteiger partial charge in [-0.05, 0) is 31.0 Å². The number of methoxy groups -OCH3 is 1. The first kappa shape index (κ1) is 12.6. The molecule has 0 bridgehead atoms. The summed E-state index contributed by atoms with van der Waals surface area (Å²) in [5, 5.41) is 3.44. The van der Waals surface area contributed by atoms with E-state index in [9.17, 15) is 0 Å². The second-order valence-electron chi connectivity index (χ2n) is 4.37. The molecule has 1 atom stereocenters. The van der Waals surface area contributed by atoms with Gasteiger partial charge in [0.2, 0.25) is 0 Å². The third kappa shape index (κ3) is 3.60. The minimum atomic E-state index is 0.406. The summed E-state index contributed by atoms with van der Waals surface area (Å²) < 4.78 is 5.14. The van der Waals surface area contributed by atoms with Crippen molar-refractivity contribution in [2.24, 2.45) is 0 Å². The Morgan fingerprint density at radius 3 is 2.72 bits per heavy atom. The Bertz CT molecular complexity index is 450. The van der Waals surface area contributed by atoms with Gasteiger partial charge in [0, 0.05) is 18.4 Å². The van der Waals surface area contributed by atoms with Crippen LogP contribution in [0.15, 0.2) is 36.7 Å². The van der Waals surface area contributed by atoms with E-state index in [-0.39, 0.29) is 0 Å². The molecule has 0 aliphatic rings. The average molecular weight is 245 g/mol. The van der Waals surface area contributed by atoms with Gasteiger partial charge in [-0.15, -0.1) is 0 Å². The Morgan fingerprint density at radius 1 is 1.33 bits per heavy atom. The van der Waals surface area contributed by atoms with Crippen LogP contribution in [0.1, 0.15) is 18.3 Å². The fraction of sp³-hybridized carbons (Fsp3) is 0.357. The zero-order valence-corrected chi connectivity index (χ0v) is 10.8. The second-order valence-corrected chi connectivity index (χ2v) is 4.37. The van der Waals surface area contributed by atoms with Gasteiger partial charge in [-0.3, -0.25) is 0 Å². The molecule has 0 amide bonds. The molecule has 4 nitrogen and oxygen atoms in total. The lowest BCUT2D eigenvalue weighted by molar-refractivity contribution is 0.414. The first-order valence-electron chi connectivity index (χ1n) is 6.12. The molecular formula is C14H19N3O. The van der Waals surface area contributed by atoms with Crippen molar-refractivity contribution >= 4 is 0 Å². The maximum atomic E-state index is 5.14. The van der Waals surface area contributed by atoms with Gasteiger partial charge in [-0.2, -0.15) is 0 Å². The summed E-state index contributed by atoms with van der Waals surface area (Å²) in [5.41, 5.74) is 1.30. The Hall–Kier alpha value is -1.81. The number of H-pyrrole nitrogens is 1. The topological polar surface area (TPSA) is 49.9 Å². The highest BCUT2D eigenvalue weighted by Gasteiger charge is 2.04. The first-order valence-corrected chi connectivity index (χ1v) is 6.12. The normalized spacial score (nSPS) is 12.3. The number of nitrogens with one attached hydrogen (secondary N) is 2. The summed E-state index contributed by atoms with van der Waals surface area (Å²) in [6.07, 6.45) is 4.60. The highest BCUT2D eigenvalue weighted by Crippen LogP contribution is 2.12. The maximum absolute atomic E-state index is 5.14. The van der Waals surface area contributed by atoms with Gasteiger partial charge in [-0.1, -0.05) is 12.1 Å². The van der Waals surface area contributed by atoms with E-state index in [2.05, 4.69) is 34.3 Å².